The molecule has 0 fully saturated rings. The number of aryl methyl sites for hydroxylation is 1. The van der Waals surface area contributed by atoms with Gasteiger partial charge in [-0.1, -0.05) is 59.6 Å². The fourth-order valence-corrected chi connectivity index (χ4v) is 4.93. The van der Waals surface area contributed by atoms with Gasteiger partial charge in [0.15, 0.2) is 0 Å². The third kappa shape index (κ3) is 5.90. The molecule has 0 spiro atoms. The van der Waals surface area contributed by atoms with E-state index in [9.17, 15) is 26.4 Å². The Morgan fingerprint density at radius 3 is 2.24 bits per heavy atom. The fourth-order valence-electron chi connectivity index (χ4n) is 3.28. The van der Waals surface area contributed by atoms with Gasteiger partial charge in [0.1, 0.15) is 6.54 Å². The zero-order valence-corrected chi connectivity index (χ0v) is 19.9. The Kier molecular flexibility index (Phi) is 7.57. The molecule has 0 saturated heterocycles. The van der Waals surface area contributed by atoms with Crippen molar-refractivity contribution in [3.8, 4) is 0 Å². The molecule has 1 unspecified atom stereocenters. The number of carbonyl (C=O) groups is 1. The van der Waals surface area contributed by atoms with E-state index in [1.165, 1.54) is 24.3 Å². The summed E-state index contributed by atoms with van der Waals surface area (Å²) < 4.78 is 67.6. The number of hydrogen-bond acceptors (Lipinski definition) is 3. The number of nitrogens with zero attached hydrogens (tertiary/aromatic N) is 1. The number of anilines is 1. The maximum Gasteiger partial charge on any atom is 0.417 e. The summed E-state index contributed by atoms with van der Waals surface area (Å²) >= 11 is 5.70. The fraction of sp³-hybridized carbons (Fsp3) is 0.208. The van der Waals surface area contributed by atoms with Crippen molar-refractivity contribution in [2.45, 2.75) is 31.0 Å². The predicted octanol–water partition coefficient (Wildman–Crippen LogP) is 5.74. The Labute approximate surface area is 201 Å². The first-order valence-corrected chi connectivity index (χ1v) is 12.0. The number of carbonyl (C=O) groups excluding carboxylic acids is 1. The first-order valence-electron chi connectivity index (χ1n) is 10.2. The maximum atomic E-state index is 13.4. The van der Waals surface area contributed by atoms with E-state index in [2.05, 4.69) is 5.32 Å². The van der Waals surface area contributed by atoms with Gasteiger partial charge < -0.3 is 5.32 Å². The third-order valence-corrected chi connectivity index (χ3v) is 7.23. The molecular weight excluding hydrogens is 489 g/mol. The summed E-state index contributed by atoms with van der Waals surface area (Å²) in [6.07, 6.45) is -4.81. The normalized spacial score (nSPS) is 12.8. The molecule has 3 aromatic rings. The molecule has 1 atom stereocenters. The van der Waals surface area contributed by atoms with Crippen LogP contribution >= 0.6 is 11.6 Å². The average Bonchev–Trinajstić information content (AvgIpc) is 2.78. The first kappa shape index (κ1) is 25.6. The van der Waals surface area contributed by atoms with Crippen LogP contribution in [0.5, 0.6) is 0 Å². The lowest BCUT2D eigenvalue weighted by Gasteiger charge is -2.26. The van der Waals surface area contributed by atoms with Gasteiger partial charge in [0.2, 0.25) is 5.91 Å². The molecule has 34 heavy (non-hydrogen) atoms. The first-order chi connectivity index (χ1) is 15.9. The molecule has 3 rings (SSSR count). The van der Waals surface area contributed by atoms with Crippen molar-refractivity contribution in [1.29, 1.82) is 0 Å². The van der Waals surface area contributed by atoms with Crippen molar-refractivity contribution in [2.75, 3.05) is 10.8 Å². The average molecular weight is 511 g/mol. The summed E-state index contributed by atoms with van der Waals surface area (Å²) in [6.45, 7) is 2.91. The number of halogens is 4. The highest BCUT2D eigenvalue weighted by molar-refractivity contribution is 7.92. The standard InChI is InChI=1S/C24H22ClF3N2O3S/c1-16-8-10-18(11-9-16)17(2)29-23(31)15-30(34(32,33)20-6-4-3-5-7-20)19-12-13-22(25)21(14-19)24(26,27)28/h3-14,17H,15H2,1-2H3,(H,29,31). The predicted molar refractivity (Wildman–Crippen MR) is 125 cm³/mol. The second-order valence-corrected chi connectivity index (χ2v) is 9.96. The van der Waals surface area contributed by atoms with E-state index in [0.29, 0.717) is 10.4 Å². The van der Waals surface area contributed by atoms with Crippen LogP contribution in [0.1, 0.15) is 29.7 Å². The van der Waals surface area contributed by atoms with Crippen LogP contribution in [0.3, 0.4) is 0 Å². The molecule has 0 aromatic heterocycles. The minimum atomic E-state index is -4.81. The summed E-state index contributed by atoms with van der Waals surface area (Å²) in [7, 11) is -4.37. The molecule has 0 radical (unpaired) electrons. The van der Waals surface area contributed by atoms with Gasteiger partial charge >= 0.3 is 6.18 Å². The van der Waals surface area contributed by atoms with Crippen molar-refractivity contribution >= 4 is 33.2 Å². The van der Waals surface area contributed by atoms with Crippen LogP contribution in [0.4, 0.5) is 18.9 Å². The summed E-state index contributed by atoms with van der Waals surface area (Å²) in [5.74, 6) is -0.684. The van der Waals surface area contributed by atoms with Crippen LogP contribution in [0.2, 0.25) is 5.02 Å². The van der Waals surface area contributed by atoms with Gasteiger partial charge in [-0.25, -0.2) is 8.42 Å². The van der Waals surface area contributed by atoms with Gasteiger partial charge in [0.25, 0.3) is 10.0 Å². The highest BCUT2D eigenvalue weighted by atomic mass is 35.5. The Balaban J connectivity index is 1.97. The quantitative estimate of drug-likeness (QED) is 0.441. The zero-order chi connectivity index (χ0) is 25.1. The maximum absolute atomic E-state index is 13.4. The lowest BCUT2D eigenvalue weighted by Crippen LogP contribution is -2.41. The zero-order valence-electron chi connectivity index (χ0n) is 18.3. The lowest BCUT2D eigenvalue weighted by atomic mass is 10.1. The van der Waals surface area contributed by atoms with Gasteiger partial charge in [0, 0.05) is 0 Å². The number of nitrogens with one attached hydrogen (secondary N) is 1. The largest absolute Gasteiger partial charge is 0.417 e. The molecule has 5 nitrogen and oxygen atoms in total. The molecule has 0 bridgehead atoms. The van der Waals surface area contributed by atoms with Crippen molar-refractivity contribution in [2.24, 2.45) is 0 Å². The van der Waals surface area contributed by atoms with Crippen molar-refractivity contribution < 1.29 is 26.4 Å². The SMILES string of the molecule is Cc1ccc(C(C)NC(=O)CN(c2ccc(Cl)c(C(F)(F)F)c2)S(=O)(=O)c2ccccc2)cc1. The molecule has 1 N–H and O–H groups in total. The second-order valence-electron chi connectivity index (χ2n) is 7.69. The van der Waals surface area contributed by atoms with Gasteiger partial charge in [-0.05, 0) is 49.7 Å². The smallest absolute Gasteiger partial charge is 0.348 e. The number of sulfonamides is 1. The lowest BCUT2D eigenvalue weighted by molar-refractivity contribution is -0.137. The van der Waals surface area contributed by atoms with Crippen molar-refractivity contribution in [1.82, 2.24) is 5.32 Å². The van der Waals surface area contributed by atoms with Crippen LogP contribution in [-0.4, -0.2) is 20.9 Å². The number of hydrogen-bond donors (Lipinski definition) is 1. The molecule has 0 aliphatic carbocycles. The van der Waals surface area contributed by atoms with Crippen LogP contribution in [0.25, 0.3) is 0 Å². The molecule has 10 heteroatoms. The second kappa shape index (κ2) is 10.1. The highest BCUT2D eigenvalue weighted by Gasteiger charge is 2.35. The van der Waals surface area contributed by atoms with Crippen LogP contribution in [-0.2, 0) is 21.0 Å². The number of benzene rings is 3. The minimum absolute atomic E-state index is 0.169. The topological polar surface area (TPSA) is 66.5 Å². The monoisotopic (exact) mass is 510 g/mol. The Hall–Kier alpha value is -3.04. The Morgan fingerprint density at radius 1 is 1.03 bits per heavy atom. The van der Waals surface area contributed by atoms with E-state index in [4.69, 9.17) is 11.6 Å². The summed E-state index contributed by atoms with van der Waals surface area (Å²) in [6, 6.07) is 16.8. The van der Waals surface area contributed by atoms with E-state index in [-0.39, 0.29) is 10.6 Å². The minimum Gasteiger partial charge on any atom is -0.348 e. The Morgan fingerprint density at radius 2 is 1.65 bits per heavy atom. The van der Waals surface area contributed by atoms with Crippen LogP contribution in [0.15, 0.2) is 77.7 Å². The summed E-state index contributed by atoms with van der Waals surface area (Å²) in [4.78, 5) is 12.7. The van der Waals surface area contributed by atoms with Crippen LogP contribution < -0.4 is 9.62 Å². The number of rotatable bonds is 7. The summed E-state index contributed by atoms with van der Waals surface area (Å²) in [5, 5.41) is 2.12. The van der Waals surface area contributed by atoms with Gasteiger partial charge in [-0.3, -0.25) is 9.10 Å². The van der Waals surface area contributed by atoms with Gasteiger partial charge in [-0.15, -0.1) is 0 Å². The molecule has 1 amide bonds. The van der Waals surface area contributed by atoms with Crippen molar-refractivity contribution in [3.05, 3.63) is 94.5 Å². The Bertz CT molecular complexity index is 1260. The van der Waals surface area contributed by atoms with E-state index < -0.39 is 45.3 Å². The van der Waals surface area contributed by atoms with Crippen LogP contribution in [0, 0.1) is 6.92 Å². The molecule has 3 aromatic carbocycles. The summed E-state index contributed by atoms with van der Waals surface area (Å²) in [5.41, 5.74) is 0.292. The molecule has 0 heterocycles. The van der Waals surface area contributed by atoms with E-state index in [0.717, 1.165) is 23.3 Å². The molecule has 0 aliphatic heterocycles. The molecular formula is C24H22ClF3N2O3S. The van der Waals surface area contributed by atoms with Gasteiger partial charge in [-0.2, -0.15) is 13.2 Å². The van der Waals surface area contributed by atoms with E-state index in [1.807, 2.05) is 31.2 Å². The van der Waals surface area contributed by atoms with E-state index >= 15 is 0 Å². The molecule has 180 valence electrons. The van der Waals surface area contributed by atoms with Gasteiger partial charge in [0.05, 0.1) is 27.2 Å². The molecule has 0 saturated carbocycles. The molecule has 0 aliphatic rings. The third-order valence-electron chi connectivity index (χ3n) is 5.12. The van der Waals surface area contributed by atoms with Crippen molar-refractivity contribution in [3.63, 3.8) is 0 Å². The number of amides is 1. The number of alkyl halides is 3. The van der Waals surface area contributed by atoms with E-state index in [1.54, 1.807) is 13.0 Å². The highest BCUT2D eigenvalue weighted by Crippen LogP contribution is 2.38.